The Balaban J connectivity index is 1.98. The van der Waals surface area contributed by atoms with Gasteiger partial charge in [0.2, 0.25) is 5.75 Å². The molecule has 0 saturated carbocycles. The lowest BCUT2D eigenvalue weighted by molar-refractivity contribution is 0.265. The third kappa shape index (κ3) is 6.38. The molecule has 184 valence electrons. The Bertz CT molecular complexity index is 1120. The highest BCUT2D eigenvalue weighted by atomic mass is 35.5. The number of unbranched alkanes of at least 4 members (excludes halogenated alkanes) is 6. The topological polar surface area (TPSA) is 91.8 Å². The summed E-state index contributed by atoms with van der Waals surface area (Å²) in [5.74, 6) is 0.197. The Morgan fingerprint density at radius 3 is 1.97 bits per heavy atom. The third-order valence-corrected chi connectivity index (χ3v) is 6.02. The number of ether oxygens (including phenoxy) is 2. The quantitative estimate of drug-likeness (QED) is 0.222. The molecule has 3 N–H and O–H groups in total. The number of benzene rings is 2. The Morgan fingerprint density at radius 2 is 1.41 bits per heavy atom. The van der Waals surface area contributed by atoms with Gasteiger partial charge in [-0.2, -0.15) is 0 Å². The van der Waals surface area contributed by atoms with Crippen molar-refractivity contribution in [3.05, 3.63) is 45.7 Å². The van der Waals surface area contributed by atoms with Crippen molar-refractivity contribution in [1.29, 1.82) is 0 Å². The maximum Gasteiger partial charge on any atom is 0.260 e. The summed E-state index contributed by atoms with van der Waals surface area (Å²) in [6.07, 6.45) is 8.24. The van der Waals surface area contributed by atoms with Crippen LogP contribution in [0.4, 0.5) is 0 Å². The first-order chi connectivity index (χ1) is 16.5. The smallest absolute Gasteiger partial charge is 0.260 e. The van der Waals surface area contributed by atoms with Gasteiger partial charge in [0.05, 0.1) is 24.3 Å². The Morgan fingerprint density at radius 1 is 0.824 bits per heavy atom. The van der Waals surface area contributed by atoms with Crippen molar-refractivity contribution < 1.29 is 19.7 Å². The number of hydrogen-bond donors (Lipinski definition) is 3. The SMILES string of the molecule is CCCCCCOc1cc(-c2c(O)c3ccc(Cl)cc3[nH]c2=O)cc(OCCCCCC)c1O. The van der Waals surface area contributed by atoms with Crippen molar-refractivity contribution in [2.24, 2.45) is 0 Å². The van der Waals surface area contributed by atoms with Gasteiger partial charge in [-0.25, -0.2) is 0 Å². The number of fused-ring (bicyclic) bond motifs is 1. The third-order valence-electron chi connectivity index (χ3n) is 5.79. The zero-order valence-electron chi connectivity index (χ0n) is 20.0. The molecule has 0 spiro atoms. The molecule has 0 aliphatic carbocycles. The molecule has 0 atom stereocenters. The lowest BCUT2D eigenvalue weighted by atomic mass is 10.0. The molecule has 3 rings (SSSR count). The minimum Gasteiger partial charge on any atom is -0.506 e. The molecule has 0 fully saturated rings. The summed E-state index contributed by atoms with van der Waals surface area (Å²) in [5.41, 5.74) is 0.458. The standard InChI is InChI=1S/C27H34ClNO5/c1-3-5-7-9-13-33-22-15-18(16-23(26(22)31)34-14-10-8-6-4-2)24-25(30)20-12-11-19(28)17-21(20)29-27(24)32/h11-12,15-17,31H,3-10,13-14H2,1-2H3,(H2,29,30,32). The summed E-state index contributed by atoms with van der Waals surface area (Å²) in [4.78, 5) is 15.7. The van der Waals surface area contributed by atoms with Gasteiger partial charge in [-0.15, -0.1) is 0 Å². The summed E-state index contributed by atoms with van der Waals surface area (Å²) in [6.45, 7) is 5.15. The largest absolute Gasteiger partial charge is 0.506 e. The highest BCUT2D eigenvalue weighted by Crippen LogP contribution is 2.43. The van der Waals surface area contributed by atoms with Crippen LogP contribution in [0.5, 0.6) is 23.0 Å². The average molecular weight is 488 g/mol. The van der Waals surface area contributed by atoms with Crippen LogP contribution in [0.3, 0.4) is 0 Å². The van der Waals surface area contributed by atoms with Crippen LogP contribution in [-0.2, 0) is 0 Å². The summed E-state index contributed by atoms with van der Waals surface area (Å²) < 4.78 is 11.7. The molecular weight excluding hydrogens is 454 g/mol. The summed E-state index contributed by atoms with van der Waals surface area (Å²) >= 11 is 6.03. The van der Waals surface area contributed by atoms with Gasteiger partial charge in [0.25, 0.3) is 5.56 Å². The second-order valence-electron chi connectivity index (χ2n) is 8.51. The van der Waals surface area contributed by atoms with Gasteiger partial charge < -0.3 is 24.7 Å². The van der Waals surface area contributed by atoms with Crippen molar-refractivity contribution >= 4 is 22.5 Å². The van der Waals surface area contributed by atoms with Gasteiger partial charge in [-0.3, -0.25) is 4.79 Å². The molecule has 1 heterocycles. The molecule has 0 unspecified atom stereocenters. The zero-order chi connectivity index (χ0) is 24.5. The van der Waals surface area contributed by atoms with E-state index in [9.17, 15) is 15.0 Å². The van der Waals surface area contributed by atoms with E-state index in [-0.39, 0.29) is 28.6 Å². The van der Waals surface area contributed by atoms with Gasteiger partial charge >= 0.3 is 0 Å². The second-order valence-corrected chi connectivity index (χ2v) is 8.94. The maximum absolute atomic E-state index is 12.9. The van der Waals surface area contributed by atoms with Gasteiger partial charge in [-0.1, -0.05) is 64.0 Å². The molecule has 0 amide bonds. The van der Waals surface area contributed by atoms with E-state index in [1.807, 2.05) is 0 Å². The van der Waals surface area contributed by atoms with Gasteiger partial charge in [0.1, 0.15) is 5.75 Å². The van der Waals surface area contributed by atoms with E-state index in [0.29, 0.717) is 34.7 Å². The molecule has 0 aliphatic rings. The van der Waals surface area contributed by atoms with Crippen LogP contribution in [0.15, 0.2) is 35.1 Å². The number of rotatable bonds is 13. The molecule has 0 aliphatic heterocycles. The Labute approximate surface area is 205 Å². The first kappa shape index (κ1) is 25.8. The minimum atomic E-state index is -0.472. The van der Waals surface area contributed by atoms with Crippen LogP contribution >= 0.6 is 11.6 Å². The van der Waals surface area contributed by atoms with E-state index < -0.39 is 5.56 Å². The van der Waals surface area contributed by atoms with E-state index >= 15 is 0 Å². The average Bonchev–Trinajstić information content (AvgIpc) is 2.80. The van der Waals surface area contributed by atoms with E-state index in [1.54, 1.807) is 30.3 Å². The first-order valence-corrected chi connectivity index (χ1v) is 12.5. The van der Waals surface area contributed by atoms with Crippen molar-refractivity contribution in [3.63, 3.8) is 0 Å². The number of phenols is 1. The van der Waals surface area contributed by atoms with Crippen LogP contribution < -0.4 is 15.0 Å². The molecular formula is C27H34ClNO5. The maximum atomic E-state index is 12.9. The van der Waals surface area contributed by atoms with Crippen molar-refractivity contribution in [2.45, 2.75) is 65.2 Å². The fourth-order valence-electron chi connectivity index (χ4n) is 3.89. The van der Waals surface area contributed by atoms with Gasteiger partial charge in [0, 0.05) is 10.4 Å². The second kappa shape index (κ2) is 12.6. The number of halogens is 1. The predicted octanol–water partition coefficient (Wildman–Crippen LogP) is 7.18. The van der Waals surface area contributed by atoms with Crippen LogP contribution in [-0.4, -0.2) is 28.4 Å². The van der Waals surface area contributed by atoms with Crippen molar-refractivity contribution in [1.82, 2.24) is 4.98 Å². The van der Waals surface area contributed by atoms with Crippen LogP contribution in [0.2, 0.25) is 5.02 Å². The van der Waals surface area contributed by atoms with Crippen molar-refractivity contribution in [2.75, 3.05) is 13.2 Å². The number of phenolic OH excluding ortho intramolecular Hbond substituents is 1. The molecule has 0 bridgehead atoms. The molecule has 6 nitrogen and oxygen atoms in total. The minimum absolute atomic E-state index is 0.0847. The lowest BCUT2D eigenvalue weighted by Crippen LogP contribution is -2.10. The Kier molecular flexibility index (Phi) is 9.52. The highest BCUT2D eigenvalue weighted by molar-refractivity contribution is 6.31. The van der Waals surface area contributed by atoms with Crippen LogP contribution in [0.1, 0.15) is 65.2 Å². The molecule has 0 saturated heterocycles. The fraction of sp³-hybridized carbons (Fsp3) is 0.444. The van der Waals surface area contributed by atoms with Crippen LogP contribution in [0, 0.1) is 0 Å². The molecule has 1 aromatic heterocycles. The number of aromatic hydroxyl groups is 2. The van der Waals surface area contributed by atoms with Crippen molar-refractivity contribution in [3.8, 4) is 34.1 Å². The van der Waals surface area contributed by atoms with E-state index in [4.69, 9.17) is 21.1 Å². The molecule has 3 aromatic rings. The van der Waals surface area contributed by atoms with E-state index in [2.05, 4.69) is 18.8 Å². The number of H-pyrrole nitrogens is 1. The first-order valence-electron chi connectivity index (χ1n) is 12.1. The lowest BCUT2D eigenvalue weighted by Gasteiger charge is -2.16. The predicted molar refractivity (Wildman–Crippen MR) is 138 cm³/mol. The normalized spacial score (nSPS) is 11.1. The fourth-order valence-corrected chi connectivity index (χ4v) is 4.06. The monoisotopic (exact) mass is 487 g/mol. The van der Waals surface area contributed by atoms with E-state index in [0.717, 1.165) is 51.4 Å². The van der Waals surface area contributed by atoms with Gasteiger partial charge in [-0.05, 0) is 48.7 Å². The molecule has 0 radical (unpaired) electrons. The molecule has 34 heavy (non-hydrogen) atoms. The van der Waals surface area contributed by atoms with Gasteiger partial charge in [0.15, 0.2) is 11.5 Å². The molecule has 2 aromatic carbocycles. The highest BCUT2D eigenvalue weighted by Gasteiger charge is 2.20. The summed E-state index contributed by atoms with van der Waals surface area (Å²) in [6, 6.07) is 8.05. The number of nitrogens with one attached hydrogen (secondary N) is 1. The molecule has 7 heteroatoms. The van der Waals surface area contributed by atoms with E-state index in [1.165, 1.54) is 0 Å². The number of aromatic nitrogens is 1. The number of aromatic amines is 1. The van der Waals surface area contributed by atoms with Crippen LogP contribution in [0.25, 0.3) is 22.0 Å². The Hall–Kier alpha value is -2.86. The number of pyridine rings is 1. The zero-order valence-corrected chi connectivity index (χ0v) is 20.7. The number of hydrogen-bond acceptors (Lipinski definition) is 5. The summed E-state index contributed by atoms with van der Waals surface area (Å²) in [5, 5.41) is 22.7. The summed E-state index contributed by atoms with van der Waals surface area (Å²) in [7, 11) is 0.